The van der Waals surface area contributed by atoms with Crippen molar-refractivity contribution in [3.63, 3.8) is 0 Å². The number of carbonyl (C=O) groups excluding carboxylic acids is 2. The minimum Gasteiger partial charge on any atom is -0.338 e. The van der Waals surface area contributed by atoms with Gasteiger partial charge in [0.05, 0.1) is 18.3 Å². The Bertz CT molecular complexity index is 665. The summed E-state index contributed by atoms with van der Waals surface area (Å²) in [6.45, 7) is 2.47. The van der Waals surface area contributed by atoms with Crippen molar-refractivity contribution in [2.24, 2.45) is 0 Å². The summed E-state index contributed by atoms with van der Waals surface area (Å²) < 4.78 is 26.4. The largest absolute Gasteiger partial charge is 0.338 e. The number of anilines is 2. The van der Waals surface area contributed by atoms with Crippen LogP contribution < -0.4 is 20.9 Å². The molecular formula is C16H20F2N4O2. The van der Waals surface area contributed by atoms with Gasteiger partial charge in [0.15, 0.2) is 0 Å². The van der Waals surface area contributed by atoms with Gasteiger partial charge in [0.1, 0.15) is 0 Å². The number of benzene rings is 1. The molecule has 1 aromatic carbocycles. The molecule has 0 radical (unpaired) electrons. The minimum absolute atomic E-state index is 0.183. The summed E-state index contributed by atoms with van der Waals surface area (Å²) in [6.07, 6.45) is 0.242. The van der Waals surface area contributed by atoms with Crippen molar-refractivity contribution in [1.82, 2.24) is 10.6 Å². The number of rotatable bonds is 3. The molecule has 0 bridgehead atoms. The maximum absolute atomic E-state index is 13.2. The average Bonchev–Trinajstić information content (AvgIpc) is 3.10. The molecule has 0 spiro atoms. The molecule has 1 aromatic rings. The van der Waals surface area contributed by atoms with Crippen LogP contribution in [0.4, 0.5) is 25.0 Å². The maximum Gasteiger partial charge on any atom is 0.321 e. The van der Waals surface area contributed by atoms with Gasteiger partial charge in [0.2, 0.25) is 5.91 Å². The van der Waals surface area contributed by atoms with Crippen LogP contribution in [0, 0.1) is 0 Å². The van der Waals surface area contributed by atoms with Crippen LogP contribution in [0.3, 0.4) is 0 Å². The number of urea groups is 1. The standard InChI is InChI=1S/C16H20F2N4O2/c1-2-19-15(24)22-6-5-10-3-4-11(7-13(10)22)21-14(23)12-8-16(17,18)9-20-12/h3-4,7,12,20H,2,5-6,8-9H2,1H3,(H,19,24)(H,21,23). The number of hydrogen-bond donors (Lipinski definition) is 3. The molecule has 3 amide bonds. The first-order valence-electron chi connectivity index (χ1n) is 8.00. The molecule has 3 rings (SSSR count). The first-order valence-corrected chi connectivity index (χ1v) is 8.00. The SMILES string of the molecule is CCNC(=O)N1CCc2ccc(NC(=O)C3CC(F)(F)CN3)cc21. The Hall–Kier alpha value is -2.22. The van der Waals surface area contributed by atoms with Crippen LogP contribution in [0.5, 0.6) is 0 Å². The molecule has 6 nitrogen and oxygen atoms in total. The van der Waals surface area contributed by atoms with Gasteiger partial charge in [-0.1, -0.05) is 6.07 Å². The molecule has 3 N–H and O–H groups in total. The van der Waals surface area contributed by atoms with E-state index in [1.165, 1.54) is 0 Å². The number of nitrogens with one attached hydrogen (secondary N) is 3. The van der Waals surface area contributed by atoms with E-state index in [1.54, 1.807) is 17.0 Å². The smallest absolute Gasteiger partial charge is 0.321 e. The Morgan fingerprint density at radius 2 is 2.21 bits per heavy atom. The Balaban J connectivity index is 1.71. The summed E-state index contributed by atoms with van der Waals surface area (Å²) in [7, 11) is 0. The summed E-state index contributed by atoms with van der Waals surface area (Å²) in [5.74, 6) is -3.34. The first kappa shape index (κ1) is 16.6. The normalized spacial score (nSPS) is 21.5. The molecule has 2 heterocycles. The summed E-state index contributed by atoms with van der Waals surface area (Å²) in [5, 5.41) is 7.92. The van der Waals surface area contributed by atoms with E-state index in [1.807, 2.05) is 13.0 Å². The number of amides is 3. The van der Waals surface area contributed by atoms with Crippen molar-refractivity contribution in [2.45, 2.75) is 31.7 Å². The van der Waals surface area contributed by atoms with E-state index >= 15 is 0 Å². The van der Waals surface area contributed by atoms with Crippen molar-refractivity contribution >= 4 is 23.3 Å². The second-order valence-corrected chi connectivity index (χ2v) is 6.06. The summed E-state index contributed by atoms with van der Waals surface area (Å²) in [4.78, 5) is 25.8. The number of nitrogens with zero attached hydrogens (tertiary/aromatic N) is 1. The number of alkyl halides is 2. The van der Waals surface area contributed by atoms with E-state index in [0.29, 0.717) is 18.8 Å². The molecule has 24 heavy (non-hydrogen) atoms. The first-order chi connectivity index (χ1) is 11.4. The maximum atomic E-state index is 13.2. The number of carbonyl (C=O) groups is 2. The van der Waals surface area contributed by atoms with Crippen LogP contribution in [-0.2, 0) is 11.2 Å². The van der Waals surface area contributed by atoms with Gasteiger partial charge >= 0.3 is 6.03 Å². The van der Waals surface area contributed by atoms with E-state index in [-0.39, 0.29) is 6.03 Å². The molecule has 2 aliphatic rings. The molecule has 130 valence electrons. The highest BCUT2D eigenvalue weighted by Crippen LogP contribution is 2.31. The van der Waals surface area contributed by atoms with E-state index in [4.69, 9.17) is 0 Å². The van der Waals surface area contributed by atoms with Gasteiger partial charge in [0, 0.05) is 25.2 Å². The summed E-state index contributed by atoms with van der Waals surface area (Å²) in [5.41, 5.74) is 2.25. The fraction of sp³-hybridized carbons (Fsp3) is 0.500. The highest BCUT2D eigenvalue weighted by atomic mass is 19.3. The third-order valence-corrected chi connectivity index (χ3v) is 4.25. The van der Waals surface area contributed by atoms with E-state index in [2.05, 4.69) is 16.0 Å². The molecule has 0 aromatic heterocycles. The van der Waals surface area contributed by atoms with Crippen molar-refractivity contribution in [2.75, 3.05) is 29.9 Å². The van der Waals surface area contributed by atoms with Gasteiger partial charge < -0.3 is 10.6 Å². The minimum atomic E-state index is -2.85. The average molecular weight is 338 g/mol. The molecule has 0 saturated carbocycles. The lowest BCUT2D eigenvalue weighted by Gasteiger charge is -2.18. The van der Waals surface area contributed by atoms with Crippen LogP contribution in [-0.4, -0.2) is 43.5 Å². The summed E-state index contributed by atoms with van der Waals surface area (Å²) in [6, 6.07) is 4.19. The van der Waals surface area contributed by atoms with Crippen molar-refractivity contribution in [3.8, 4) is 0 Å². The Morgan fingerprint density at radius 3 is 2.88 bits per heavy atom. The number of hydrogen-bond acceptors (Lipinski definition) is 3. The Kier molecular flexibility index (Phi) is 4.40. The zero-order valence-electron chi connectivity index (χ0n) is 13.4. The van der Waals surface area contributed by atoms with Crippen LogP contribution in [0.1, 0.15) is 18.9 Å². The fourth-order valence-electron chi connectivity index (χ4n) is 3.04. The lowest BCUT2D eigenvalue weighted by Crippen LogP contribution is -2.38. The van der Waals surface area contributed by atoms with Crippen LogP contribution in [0.2, 0.25) is 0 Å². The molecule has 1 saturated heterocycles. The third-order valence-electron chi connectivity index (χ3n) is 4.25. The predicted molar refractivity (Wildman–Crippen MR) is 86.5 cm³/mol. The Morgan fingerprint density at radius 1 is 1.42 bits per heavy atom. The van der Waals surface area contributed by atoms with Crippen molar-refractivity contribution in [1.29, 1.82) is 0 Å². The zero-order chi connectivity index (χ0) is 17.3. The quantitative estimate of drug-likeness (QED) is 0.786. The Labute approximate surface area is 138 Å². The highest BCUT2D eigenvalue weighted by molar-refractivity contribution is 5.98. The van der Waals surface area contributed by atoms with Gasteiger partial charge in [-0.2, -0.15) is 0 Å². The lowest BCUT2D eigenvalue weighted by atomic mass is 10.1. The van der Waals surface area contributed by atoms with Crippen molar-refractivity contribution < 1.29 is 18.4 Å². The van der Waals surface area contributed by atoms with Gasteiger partial charge in [-0.15, -0.1) is 0 Å². The van der Waals surface area contributed by atoms with Gasteiger partial charge in [-0.3, -0.25) is 15.0 Å². The monoisotopic (exact) mass is 338 g/mol. The molecule has 1 unspecified atom stereocenters. The topological polar surface area (TPSA) is 73.5 Å². The third kappa shape index (κ3) is 3.33. The van der Waals surface area contributed by atoms with Gasteiger partial charge in [0.25, 0.3) is 5.92 Å². The van der Waals surface area contributed by atoms with Gasteiger partial charge in [-0.25, -0.2) is 13.6 Å². The number of halogens is 2. The fourth-order valence-corrected chi connectivity index (χ4v) is 3.04. The summed E-state index contributed by atoms with van der Waals surface area (Å²) >= 11 is 0. The second-order valence-electron chi connectivity index (χ2n) is 6.06. The molecule has 1 atom stereocenters. The lowest BCUT2D eigenvalue weighted by molar-refractivity contribution is -0.118. The molecular weight excluding hydrogens is 318 g/mol. The molecule has 2 aliphatic heterocycles. The van der Waals surface area contributed by atoms with Crippen LogP contribution >= 0.6 is 0 Å². The van der Waals surface area contributed by atoms with E-state index < -0.39 is 30.8 Å². The van der Waals surface area contributed by atoms with Gasteiger partial charge in [-0.05, 0) is 31.0 Å². The van der Waals surface area contributed by atoms with Crippen molar-refractivity contribution in [3.05, 3.63) is 23.8 Å². The molecule has 1 fully saturated rings. The van der Waals surface area contributed by atoms with E-state index in [0.717, 1.165) is 17.7 Å². The highest BCUT2D eigenvalue weighted by Gasteiger charge is 2.42. The van der Waals surface area contributed by atoms with E-state index in [9.17, 15) is 18.4 Å². The second kappa shape index (κ2) is 6.35. The molecule has 8 heteroatoms. The number of fused-ring (bicyclic) bond motifs is 1. The zero-order valence-corrected chi connectivity index (χ0v) is 13.4. The predicted octanol–water partition coefficient (Wildman–Crippen LogP) is 1.71. The van der Waals surface area contributed by atoms with Crippen LogP contribution in [0.15, 0.2) is 18.2 Å². The van der Waals surface area contributed by atoms with Crippen LogP contribution in [0.25, 0.3) is 0 Å². The molecule has 0 aliphatic carbocycles.